The van der Waals surface area contributed by atoms with E-state index in [2.05, 4.69) is 18.1 Å². The number of hydrogen-bond donors (Lipinski definition) is 0. The first-order chi connectivity index (χ1) is 13.2. The third-order valence-corrected chi connectivity index (χ3v) is 5.67. The number of likely N-dealkylation sites (tertiary alicyclic amines) is 1. The number of nitrogens with zero attached hydrogens (tertiary/aromatic N) is 2. The van der Waals surface area contributed by atoms with E-state index in [1.165, 1.54) is 5.57 Å². The van der Waals surface area contributed by atoms with Crippen LogP contribution in [0.5, 0.6) is 0 Å². The Morgan fingerprint density at radius 1 is 1.29 bits per heavy atom. The maximum Gasteiger partial charge on any atom is 0.410 e. The van der Waals surface area contributed by atoms with Crippen molar-refractivity contribution in [3.8, 4) is 0 Å². The molecule has 5 nitrogen and oxygen atoms in total. The van der Waals surface area contributed by atoms with Crippen LogP contribution in [0.3, 0.4) is 0 Å². The second-order valence-electron chi connectivity index (χ2n) is 9.02. The van der Waals surface area contributed by atoms with Crippen LogP contribution in [0, 0.1) is 5.92 Å². The molecule has 0 aromatic heterocycles. The highest BCUT2D eigenvalue weighted by atomic mass is 16.6. The van der Waals surface area contributed by atoms with Crippen LogP contribution in [0.2, 0.25) is 0 Å². The van der Waals surface area contributed by atoms with Crippen LogP contribution in [0.4, 0.5) is 4.79 Å². The number of amides is 1. The Kier molecular flexibility index (Phi) is 7.90. The fraction of sp³-hybridized carbons (Fsp3) is 0.696. The number of hydrogen-bond acceptors (Lipinski definition) is 4. The Balaban J connectivity index is 1.90. The van der Waals surface area contributed by atoms with Crippen molar-refractivity contribution in [2.75, 3.05) is 39.4 Å². The Bertz CT molecular complexity index is 579. The quantitative estimate of drug-likeness (QED) is 0.576. The molecule has 0 aliphatic carbocycles. The van der Waals surface area contributed by atoms with Crippen LogP contribution < -0.4 is 0 Å². The lowest BCUT2D eigenvalue weighted by Crippen LogP contribution is -2.64. The van der Waals surface area contributed by atoms with Gasteiger partial charge in [0.2, 0.25) is 0 Å². The summed E-state index contributed by atoms with van der Waals surface area (Å²) >= 11 is 0. The van der Waals surface area contributed by atoms with Crippen molar-refractivity contribution in [3.05, 3.63) is 37.0 Å². The smallest absolute Gasteiger partial charge is 0.410 e. The summed E-state index contributed by atoms with van der Waals surface area (Å²) in [4.78, 5) is 16.8. The van der Waals surface area contributed by atoms with Gasteiger partial charge in [0, 0.05) is 13.1 Å². The SMILES string of the molecule is C=C/C=C(\C=C)CC1(N2CCC(CN(CC)C(=O)OC(C)(C)C)CC2)COC1. The highest BCUT2D eigenvalue weighted by molar-refractivity contribution is 5.68. The average Bonchev–Trinajstić information content (AvgIpc) is 2.61. The minimum atomic E-state index is -0.452. The van der Waals surface area contributed by atoms with Gasteiger partial charge in [0.05, 0.1) is 18.8 Å². The van der Waals surface area contributed by atoms with Crippen LogP contribution in [-0.2, 0) is 9.47 Å². The molecule has 158 valence electrons. The van der Waals surface area contributed by atoms with E-state index < -0.39 is 5.60 Å². The van der Waals surface area contributed by atoms with E-state index in [0.717, 1.165) is 52.1 Å². The molecule has 0 radical (unpaired) electrons. The van der Waals surface area contributed by atoms with E-state index in [-0.39, 0.29) is 11.6 Å². The number of carbonyl (C=O) groups is 1. The van der Waals surface area contributed by atoms with Crippen LogP contribution in [0.25, 0.3) is 0 Å². The van der Waals surface area contributed by atoms with E-state index in [1.807, 2.05) is 50.8 Å². The van der Waals surface area contributed by atoms with Crippen LogP contribution in [0.15, 0.2) is 37.0 Å². The Morgan fingerprint density at radius 3 is 2.36 bits per heavy atom. The molecule has 0 unspecified atom stereocenters. The lowest BCUT2D eigenvalue weighted by molar-refractivity contribution is -0.147. The van der Waals surface area contributed by atoms with E-state index in [4.69, 9.17) is 9.47 Å². The van der Waals surface area contributed by atoms with Gasteiger partial charge in [0.1, 0.15) is 5.60 Å². The maximum atomic E-state index is 12.4. The first-order valence-electron chi connectivity index (χ1n) is 10.5. The molecule has 2 aliphatic heterocycles. The first-order valence-corrected chi connectivity index (χ1v) is 10.5. The monoisotopic (exact) mass is 390 g/mol. The van der Waals surface area contributed by atoms with Crippen LogP contribution in [0.1, 0.15) is 47.0 Å². The van der Waals surface area contributed by atoms with Crippen molar-refractivity contribution in [2.24, 2.45) is 5.92 Å². The average molecular weight is 391 g/mol. The lowest BCUT2D eigenvalue weighted by Gasteiger charge is -2.52. The zero-order valence-corrected chi connectivity index (χ0v) is 18.2. The summed E-state index contributed by atoms with van der Waals surface area (Å²) in [7, 11) is 0. The third-order valence-electron chi connectivity index (χ3n) is 5.67. The molecule has 0 aromatic carbocycles. The largest absolute Gasteiger partial charge is 0.444 e. The number of piperidine rings is 1. The van der Waals surface area contributed by atoms with E-state index >= 15 is 0 Å². The predicted octanol–water partition coefficient (Wildman–Crippen LogP) is 4.41. The van der Waals surface area contributed by atoms with Gasteiger partial charge >= 0.3 is 6.09 Å². The summed E-state index contributed by atoms with van der Waals surface area (Å²) in [5, 5.41) is 0. The van der Waals surface area contributed by atoms with Crippen molar-refractivity contribution < 1.29 is 14.3 Å². The standard InChI is InChI=1S/C23H38N2O3/c1-7-10-19(8-2)15-23(17-27-18-23)25-13-11-20(12-14-25)16-24(9-3)21(26)28-22(4,5)6/h7-8,10,20H,1-2,9,11-18H2,3-6H3/b19-10+. The molecule has 1 amide bonds. The molecule has 2 saturated heterocycles. The van der Waals surface area contributed by atoms with Gasteiger partial charge in [-0.2, -0.15) is 0 Å². The minimum absolute atomic E-state index is 0.0869. The molecule has 28 heavy (non-hydrogen) atoms. The molecule has 2 rings (SSSR count). The fourth-order valence-electron chi connectivity index (χ4n) is 4.03. The molecule has 2 heterocycles. The first kappa shape index (κ1) is 22.7. The van der Waals surface area contributed by atoms with Gasteiger partial charge in [-0.1, -0.05) is 31.4 Å². The Hall–Kier alpha value is -1.59. The van der Waals surface area contributed by atoms with Gasteiger partial charge < -0.3 is 14.4 Å². The van der Waals surface area contributed by atoms with Gasteiger partial charge in [-0.25, -0.2) is 4.79 Å². The topological polar surface area (TPSA) is 42.0 Å². The molecule has 0 spiro atoms. The zero-order valence-electron chi connectivity index (χ0n) is 18.2. The van der Waals surface area contributed by atoms with Gasteiger partial charge in [-0.15, -0.1) is 0 Å². The third kappa shape index (κ3) is 5.95. The van der Waals surface area contributed by atoms with E-state index in [9.17, 15) is 4.79 Å². The zero-order chi connectivity index (χ0) is 20.8. The minimum Gasteiger partial charge on any atom is -0.444 e. The molecule has 0 N–H and O–H groups in total. The number of allylic oxidation sites excluding steroid dienone is 3. The van der Waals surface area contributed by atoms with Gasteiger partial charge in [0.15, 0.2) is 0 Å². The van der Waals surface area contributed by atoms with Crippen molar-refractivity contribution in [1.82, 2.24) is 9.80 Å². The van der Waals surface area contributed by atoms with Crippen molar-refractivity contribution >= 4 is 6.09 Å². The summed E-state index contributed by atoms with van der Waals surface area (Å²) in [6.45, 7) is 20.6. The molecule has 0 aromatic rings. The fourth-order valence-corrected chi connectivity index (χ4v) is 4.03. The number of ether oxygens (including phenoxy) is 2. The molecule has 2 fully saturated rings. The highest BCUT2D eigenvalue weighted by Crippen LogP contribution is 2.35. The number of carbonyl (C=O) groups excluding carboxylic acids is 1. The number of rotatable bonds is 8. The normalized spacial score (nSPS) is 20.9. The summed E-state index contributed by atoms with van der Waals surface area (Å²) in [5.41, 5.74) is 0.845. The van der Waals surface area contributed by atoms with Crippen LogP contribution in [-0.4, -0.2) is 66.4 Å². The Morgan fingerprint density at radius 2 is 1.93 bits per heavy atom. The molecule has 2 aliphatic rings. The summed E-state index contributed by atoms with van der Waals surface area (Å²) in [6, 6.07) is 0. The highest BCUT2D eigenvalue weighted by Gasteiger charge is 2.45. The molecule has 0 atom stereocenters. The summed E-state index contributed by atoms with van der Waals surface area (Å²) < 4.78 is 11.2. The van der Waals surface area contributed by atoms with Crippen molar-refractivity contribution in [1.29, 1.82) is 0 Å². The van der Waals surface area contributed by atoms with Crippen LogP contribution >= 0.6 is 0 Å². The second-order valence-corrected chi connectivity index (χ2v) is 9.02. The Labute approximate surface area is 171 Å². The molecule has 5 heteroatoms. The van der Waals surface area contributed by atoms with E-state index in [0.29, 0.717) is 12.5 Å². The van der Waals surface area contributed by atoms with Gasteiger partial charge in [-0.05, 0) is 71.5 Å². The van der Waals surface area contributed by atoms with Gasteiger partial charge in [-0.3, -0.25) is 4.90 Å². The molecular weight excluding hydrogens is 352 g/mol. The van der Waals surface area contributed by atoms with Crippen molar-refractivity contribution in [2.45, 2.75) is 58.1 Å². The maximum absolute atomic E-state index is 12.4. The summed E-state index contributed by atoms with van der Waals surface area (Å²) in [5.74, 6) is 0.518. The second kappa shape index (κ2) is 9.75. The predicted molar refractivity (Wildman–Crippen MR) is 114 cm³/mol. The molecular formula is C23H38N2O3. The van der Waals surface area contributed by atoms with E-state index in [1.54, 1.807) is 0 Å². The summed E-state index contributed by atoms with van der Waals surface area (Å²) in [6.07, 6.45) is 8.73. The lowest BCUT2D eigenvalue weighted by atomic mass is 9.83. The molecule has 0 bridgehead atoms. The van der Waals surface area contributed by atoms with Crippen molar-refractivity contribution in [3.63, 3.8) is 0 Å². The van der Waals surface area contributed by atoms with Gasteiger partial charge in [0.25, 0.3) is 0 Å². The molecule has 0 saturated carbocycles.